The van der Waals surface area contributed by atoms with Gasteiger partial charge in [-0.25, -0.2) is 0 Å². The van der Waals surface area contributed by atoms with E-state index in [9.17, 15) is 5.11 Å². The van der Waals surface area contributed by atoms with Crippen molar-refractivity contribution in [2.45, 2.75) is 26.2 Å². The van der Waals surface area contributed by atoms with Crippen LogP contribution >= 0.6 is 35.7 Å². The maximum Gasteiger partial charge on any atom is 0.191 e. The van der Waals surface area contributed by atoms with E-state index >= 15 is 0 Å². The standard InChI is InChI=1S/C14H29N3O2S.HI/c1-3-15-13(16-7-4-10-20-2)17-11-14(5-8-18)6-9-19-12-14;/h18H,3-12H2,1-2H3,(H2,15,16,17);1H. The van der Waals surface area contributed by atoms with Crippen LogP contribution in [-0.4, -0.2) is 62.5 Å². The molecule has 1 aliphatic rings. The molecular formula is C14H30IN3O2S. The van der Waals surface area contributed by atoms with Gasteiger partial charge >= 0.3 is 0 Å². The molecule has 0 amide bonds. The van der Waals surface area contributed by atoms with Gasteiger partial charge in [-0.05, 0) is 38.2 Å². The molecule has 126 valence electrons. The summed E-state index contributed by atoms with van der Waals surface area (Å²) >= 11 is 1.86. The number of guanidine groups is 1. The Hall–Kier alpha value is 0.270. The lowest BCUT2D eigenvalue weighted by molar-refractivity contribution is 0.131. The predicted molar refractivity (Wildman–Crippen MR) is 102 cm³/mol. The highest BCUT2D eigenvalue weighted by Gasteiger charge is 2.34. The molecule has 1 heterocycles. The van der Waals surface area contributed by atoms with Crippen molar-refractivity contribution in [3.63, 3.8) is 0 Å². The maximum atomic E-state index is 9.22. The minimum atomic E-state index is 0. The molecule has 7 heteroatoms. The molecule has 0 saturated carbocycles. The van der Waals surface area contributed by atoms with Crippen molar-refractivity contribution in [1.29, 1.82) is 0 Å². The number of aliphatic hydroxyl groups excluding tert-OH is 1. The van der Waals surface area contributed by atoms with Crippen LogP contribution < -0.4 is 10.6 Å². The van der Waals surface area contributed by atoms with Gasteiger partial charge in [-0.15, -0.1) is 24.0 Å². The van der Waals surface area contributed by atoms with Crippen molar-refractivity contribution in [1.82, 2.24) is 10.6 Å². The van der Waals surface area contributed by atoms with Crippen LogP contribution in [0.25, 0.3) is 0 Å². The molecule has 1 atom stereocenters. The molecule has 0 aromatic rings. The van der Waals surface area contributed by atoms with Crippen LogP contribution in [0, 0.1) is 5.41 Å². The summed E-state index contributed by atoms with van der Waals surface area (Å²) in [4.78, 5) is 4.68. The summed E-state index contributed by atoms with van der Waals surface area (Å²) in [6.07, 6.45) is 5.01. The summed E-state index contributed by atoms with van der Waals surface area (Å²) in [5, 5.41) is 15.9. The third-order valence-corrected chi connectivity index (χ3v) is 4.26. The van der Waals surface area contributed by atoms with E-state index in [1.807, 2.05) is 11.8 Å². The quantitative estimate of drug-likeness (QED) is 0.225. The zero-order valence-electron chi connectivity index (χ0n) is 13.2. The van der Waals surface area contributed by atoms with Crippen molar-refractivity contribution < 1.29 is 9.84 Å². The smallest absolute Gasteiger partial charge is 0.191 e. The molecule has 0 radical (unpaired) electrons. The largest absolute Gasteiger partial charge is 0.396 e. The normalized spacial score (nSPS) is 22.0. The number of aliphatic hydroxyl groups is 1. The SMILES string of the molecule is CCNC(=NCC1(CCO)CCOC1)NCCCSC.I. The average Bonchev–Trinajstić information content (AvgIpc) is 2.90. The highest BCUT2D eigenvalue weighted by atomic mass is 127. The number of ether oxygens (including phenoxy) is 1. The number of nitrogens with one attached hydrogen (secondary N) is 2. The molecule has 1 aliphatic heterocycles. The fourth-order valence-electron chi connectivity index (χ4n) is 2.30. The highest BCUT2D eigenvalue weighted by molar-refractivity contribution is 14.0. The molecule has 1 saturated heterocycles. The second-order valence-electron chi connectivity index (χ2n) is 5.24. The van der Waals surface area contributed by atoms with Crippen LogP contribution in [0.4, 0.5) is 0 Å². The third kappa shape index (κ3) is 8.47. The molecule has 1 fully saturated rings. The molecule has 0 aliphatic carbocycles. The second-order valence-corrected chi connectivity index (χ2v) is 6.23. The number of rotatable bonds is 9. The van der Waals surface area contributed by atoms with E-state index in [0.29, 0.717) is 13.2 Å². The fourth-order valence-corrected chi connectivity index (χ4v) is 2.73. The van der Waals surface area contributed by atoms with Crippen LogP contribution in [0.3, 0.4) is 0 Å². The zero-order chi connectivity index (χ0) is 14.7. The van der Waals surface area contributed by atoms with Gasteiger partial charge in [-0.2, -0.15) is 11.8 Å². The van der Waals surface area contributed by atoms with Gasteiger partial charge in [0.1, 0.15) is 0 Å². The lowest BCUT2D eigenvalue weighted by Crippen LogP contribution is -2.39. The molecule has 21 heavy (non-hydrogen) atoms. The van der Waals surface area contributed by atoms with Crippen LogP contribution in [-0.2, 0) is 4.74 Å². The van der Waals surface area contributed by atoms with Crippen LogP contribution in [0.5, 0.6) is 0 Å². The summed E-state index contributed by atoms with van der Waals surface area (Å²) in [6, 6.07) is 0. The summed E-state index contributed by atoms with van der Waals surface area (Å²) in [6.45, 7) is 6.29. The Bertz CT molecular complexity index is 287. The number of hydrogen-bond acceptors (Lipinski definition) is 4. The highest BCUT2D eigenvalue weighted by Crippen LogP contribution is 2.32. The van der Waals surface area contributed by atoms with Gasteiger partial charge in [0.05, 0.1) is 13.2 Å². The Balaban J connectivity index is 0.00000400. The summed E-state index contributed by atoms with van der Waals surface area (Å²) < 4.78 is 5.49. The van der Waals surface area contributed by atoms with E-state index < -0.39 is 0 Å². The molecule has 0 spiro atoms. The van der Waals surface area contributed by atoms with Gasteiger partial charge in [0, 0.05) is 31.7 Å². The molecule has 0 bridgehead atoms. The van der Waals surface area contributed by atoms with E-state index in [1.165, 1.54) is 0 Å². The van der Waals surface area contributed by atoms with E-state index in [-0.39, 0.29) is 36.0 Å². The van der Waals surface area contributed by atoms with Crippen LogP contribution in [0.2, 0.25) is 0 Å². The Morgan fingerprint density at radius 1 is 1.43 bits per heavy atom. The van der Waals surface area contributed by atoms with Crippen molar-refractivity contribution in [2.24, 2.45) is 10.4 Å². The van der Waals surface area contributed by atoms with E-state index in [2.05, 4.69) is 28.8 Å². The minimum Gasteiger partial charge on any atom is -0.396 e. The Kier molecular flexibility index (Phi) is 12.9. The van der Waals surface area contributed by atoms with E-state index in [1.54, 1.807) is 0 Å². The number of thioether (sulfide) groups is 1. The fraction of sp³-hybridized carbons (Fsp3) is 0.929. The van der Waals surface area contributed by atoms with Crippen molar-refractivity contribution in [3.8, 4) is 0 Å². The van der Waals surface area contributed by atoms with Crippen molar-refractivity contribution in [3.05, 3.63) is 0 Å². The van der Waals surface area contributed by atoms with Crippen LogP contribution in [0.1, 0.15) is 26.2 Å². The summed E-state index contributed by atoms with van der Waals surface area (Å²) in [7, 11) is 0. The maximum absolute atomic E-state index is 9.22. The van der Waals surface area contributed by atoms with E-state index in [4.69, 9.17) is 4.74 Å². The number of halogens is 1. The van der Waals surface area contributed by atoms with Crippen molar-refractivity contribution >= 4 is 41.7 Å². The average molecular weight is 431 g/mol. The molecule has 1 rings (SSSR count). The first kappa shape index (κ1) is 21.3. The molecule has 0 aromatic carbocycles. The second kappa shape index (κ2) is 12.8. The zero-order valence-corrected chi connectivity index (χ0v) is 16.3. The first-order valence-electron chi connectivity index (χ1n) is 7.46. The van der Waals surface area contributed by atoms with E-state index in [0.717, 1.165) is 50.7 Å². The Morgan fingerprint density at radius 2 is 2.24 bits per heavy atom. The third-order valence-electron chi connectivity index (χ3n) is 3.56. The molecule has 5 nitrogen and oxygen atoms in total. The monoisotopic (exact) mass is 431 g/mol. The predicted octanol–water partition coefficient (Wildman–Crippen LogP) is 1.70. The lowest BCUT2D eigenvalue weighted by atomic mass is 9.84. The van der Waals surface area contributed by atoms with Gasteiger partial charge < -0.3 is 20.5 Å². The Labute approximate surface area is 150 Å². The van der Waals surface area contributed by atoms with Crippen molar-refractivity contribution in [2.75, 3.05) is 51.5 Å². The molecule has 3 N–H and O–H groups in total. The number of nitrogens with zero attached hydrogens (tertiary/aromatic N) is 1. The van der Waals surface area contributed by atoms with Crippen LogP contribution in [0.15, 0.2) is 4.99 Å². The summed E-state index contributed by atoms with van der Waals surface area (Å²) in [5.74, 6) is 2.03. The minimum absolute atomic E-state index is 0. The van der Waals surface area contributed by atoms with Gasteiger partial charge in [0.2, 0.25) is 0 Å². The van der Waals surface area contributed by atoms with Gasteiger partial charge in [-0.3, -0.25) is 4.99 Å². The van der Waals surface area contributed by atoms with Gasteiger partial charge in [0.25, 0.3) is 0 Å². The topological polar surface area (TPSA) is 65.9 Å². The van der Waals surface area contributed by atoms with Gasteiger partial charge in [0.15, 0.2) is 5.96 Å². The first-order chi connectivity index (χ1) is 9.76. The molecule has 0 aromatic heterocycles. The summed E-state index contributed by atoms with van der Waals surface area (Å²) in [5.41, 5.74) is 0.0242. The lowest BCUT2D eigenvalue weighted by Gasteiger charge is -2.24. The Morgan fingerprint density at radius 3 is 2.81 bits per heavy atom. The number of aliphatic imine (C=N–C) groups is 1. The van der Waals surface area contributed by atoms with Gasteiger partial charge in [-0.1, -0.05) is 0 Å². The first-order valence-corrected chi connectivity index (χ1v) is 8.85. The number of hydrogen-bond donors (Lipinski definition) is 3. The molecule has 1 unspecified atom stereocenters. The molecular weight excluding hydrogens is 401 g/mol.